The van der Waals surface area contributed by atoms with Crippen LogP contribution in [-0.2, 0) is 4.74 Å². The first-order valence-corrected chi connectivity index (χ1v) is 6.20. The highest BCUT2D eigenvalue weighted by molar-refractivity contribution is 5.92. The van der Waals surface area contributed by atoms with E-state index in [0.29, 0.717) is 25.6 Å². The third-order valence-electron chi connectivity index (χ3n) is 3.11. The number of ether oxygens (including phenoxy) is 1. The van der Waals surface area contributed by atoms with Crippen LogP contribution in [0, 0.1) is 11.9 Å². The number of amides is 1. The quantitative estimate of drug-likeness (QED) is 0.766. The van der Waals surface area contributed by atoms with Crippen LogP contribution in [0.15, 0.2) is 18.2 Å². The summed E-state index contributed by atoms with van der Waals surface area (Å²) in [5.74, 6) is -0.465. The van der Waals surface area contributed by atoms with E-state index in [1.165, 1.54) is 12.1 Å². The lowest BCUT2D eigenvalue weighted by molar-refractivity contribution is 0.0723. The highest BCUT2D eigenvalue weighted by atomic mass is 19.1. The van der Waals surface area contributed by atoms with Crippen molar-refractivity contribution in [1.82, 2.24) is 9.88 Å². The van der Waals surface area contributed by atoms with Crippen LogP contribution >= 0.6 is 0 Å². The lowest BCUT2D eigenvalue weighted by atomic mass is 10.1. The van der Waals surface area contributed by atoms with Gasteiger partial charge in [0.1, 0.15) is 5.69 Å². The Balaban J connectivity index is 2.04. The van der Waals surface area contributed by atoms with Crippen molar-refractivity contribution < 1.29 is 13.9 Å². The zero-order valence-electron chi connectivity index (χ0n) is 10.4. The van der Waals surface area contributed by atoms with Crippen LogP contribution in [-0.4, -0.2) is 42.1 Å². The van der Waals surface area contributed by atoms with Gasteiger partial charge in [0.25, 0.3) is 5.91 Å². The second-order valence-corrected chi connectivity index (χ2v) is 4.42. The molecule has 4 nitrogen and oxygen atoms in total. The molecule has 1 atom stereocenters. The molecule has 0 aromatic carbocycles. The molecule has 1 aromatic heterocycles. The monoisotopic (exact) mass is 252 g/mol. The van der Waals surface area contributed by atoms with E-state index in [4.69, 9.17) is 4.74 Å². The van der Waals surface area contributed by atoms with E-state index < -0.39 is 5.95 Å². The molecule has 1 aliphatic rings. The summed E-state index contributed by atoms with van der Waals surface area (Å²) < 4.78 is 18.3. The van der Waals surface area contributed by atoms with Crippen molar-refractivity contribution in [2.45, 2.75) is 13.3 Å². The number of aromatic nitrogens is 1. The molecule has 0 spiro atoms. The fraction of sp³-hybridized carbons (Fsp3) is 0.538. The van der Waals surface area contributed by atoms with Crippen LogP contribution in [0.5, 0.6) is 0 Å². The number of hydrogen-bond acceptors (Lipinski definition) is 3. The molecule has 5 heteroatoms. The van der Waals surface area contributed by atoms with Gasteiger partial charge in [0.05, 0.1) is 6.61 Å². The Labute approximate surface area is 106 Å². The number of carbonyl (C=O) groups excluding carboxylic acids is 1. The van der Waals surface area contributed by atoms with E-state index in [1.807, 2.05) is 6.92 Å². The highest BCUT2D eigenvalue weighted by Crippen LogP contribution is 2.15. The molecule has 1 unspecified atom stereocenters. The summed E-state index contributed by atoms with van der Waals surface area (Å²) in [6, 6.07) is 4.28. The standard InChI is InChI=1S/C13H17FN2O2/c1-2-16(8-10-6-7-18-9-10)13(17)11-4-3-5-12(14)15-11/h3-5,10H,2,6-9H2,1H3. The van der Waals surface area contributed by atoms with Crippen LogP contribution in [0.3, 0.4) is 0 Å². The molecular weight excluding hydrogens is 235 g/mol. The first-order valence-electron chi connectivity index (χ1n) is 6.20. The van der Waals surface area contributed by atoms with Gasteiger partial charge in [-0.25, -0.2) is 4.98 Å². The third-order valence-corrected chi connectivity index (χ3v) is 3.11. The lowest BCUT2D eigenvalue weighted by Gasteiger charge is -2.23. The Morgan fingerprint density at radius 1 is 1.61 bits per heavy atom. The van der Waals surface area contributed by atoms with E-state index in [1.54, 1.807) is 11.0 Å². The van der Waals surface area contributed by atoms with Crippen LogP contribution in [0.2, 0.25) is 0 Å². The smallest absolute Gasteiger partial charge is 0.272 e. The molecule has 98 valence electrons. The number of nitrogens with zero attached hydrogens (tertiary/aromatic N) is 2. The van der Waals surface area contributed by atoms with Crippen LogP contribution in [0.4, 0.5) is 4.39 Å². The maximum atomic E-state index is 13.0. The van der Waals surface area contributed by atoms with Gasteiger partial charge in [0, 0.05) is 25.6 Å². The van der Waals surface area contributed by atoms with Crippen molar-refractivity contribution in [3.63, 3.8) is 0 Å². The van der Waals surface area contributed by atoms with E-state index in [-0.39, 0.29) is 11.6 Å². The number of rotatable bonds is 4. The molecule has 18 heavy (non-hydrogen) atoms. The Bertz CT molecular complexity index is 419. The minimum absolute atomic E-state index is 0.163. The summed E-state index contributed by atoms with van der Waals surface area (Å²) in [5.41, 5.74) is 0.163. The van der Waals surface area contributed by atoms with Gasteiger partial charge >= 0.3 is 0 Å². The first kappa shape index (κ1) is 13.0. The zero-order chi connectivity index (χ0) is 13.0. The van der Waals surface area contributed by atoms with Gasteiger partial charge in [-0.3, -0.25) is 4.79 Å². The molecule has 1 aliphatic heterocycles. The van der Waals surface area contributed by atoms with Crippen molar-refractivity contribution in [2.75, 3.05) is 26.3 Å². The Hall–Kier alpha value is -1.49. The van der Waals surface area contributed by atoms with Gasteiger partial charge in [0.15, 0.2) is 0 Å². The van der Waals surface area contributed by atoms with Crippen molar-refractivity contribution >= 4 is 5.91 Å². The summed E-state index contributed by atoms with van der Waals surface area (Å²) in [4.78, 5) is 17.5. The Morgan fingerprint density at radius 2 is 2.44 bits per heavy atom. The fourth-order valence-electron chi connectivity index (χ4n) is 2.08. The van der Waals surface area contributed by atoms with Gasteiger partial charge in [0.2, 0.25) is 5.95 Å². The number of hydrogen-bond donors (Lipinski definition) is 0. The highest BCUT2D eigenvalue weighted by Gasteiger charge is 2.23. The fourth-order valence-corrected chi connectivity index (χ4v) is 2.08. The molecule has 1 fully saturated rings. The first-order chi connectivity index (χ1) is 8.70. The summed E-state index contributed by atoms with van der Waals surface area (Å²) >= 11 is 0. The minimum Gasteiger partial charge on any atom is -0.381 e. The SMILES string of the molecule is CCN(CC1CCOC1)C(=O)c1cccc(F)n1. The van der Waals surface area contributed by atoms with Crippen LogP contribution in [0.25, 0.3) is 0 Å². The van der Waals surface area contributed by atoms with Crippen LogP contribution in [0.1, 0.15) is 23.8 Å². The molecule has 0 N–H and O–H groups in total. The molecule has 1 amide bonds. The molecule has 0 aliphatic carbocycles. The average Bonchev–Trinajstić information content (AvgIpc) is 2.88. The Morgan fingerprint density at radius 3 is 3.06 bits per heavy atom. The molecule has 0 bridgehead atoms. The van der Waals surface area contributed by atoms with Gasteiger partial charge in [-0.15, -0.1) is 0 Å². The van der Waals surface area contributed by atoms with Crippen molar-refractivity contribution in [3.8, 4) is 0 Å². The minimum atomic E-state index is -0.624. The molecule has 0 saturated carbocycles. The maximum absolute atomic E-state index is 13.0. The van der Waals surface area contributed by atoms with Crippen molar-refractivity contribution in [3.05, 3.63) is 29.8 Å². The number of carbonyl (C=O) groups is 1. The largest absolute Gasteiger partial charge is 0.381 e. The summed E-state index contributed by atoms with van der Waals surface area (Å²) in [6.07, 6.45) is 0.973. The topological polar surface area (TPSA) is 42.4 Å². The van der Waals surface area contributed by atoms with Crippen molar-refractivity contribution in [1.29, 1.82) is 0 Å². The van der Waals surface area contributed by atoms with E-state index in [0.717, 1.165) is 13.0 Å². The van der Waals surface area contributed by atoms with E-state index in [2.05, 4.69) is 4.98 Å². The van der Waals surface area contributed by atoms with Crippen molar-refractivity contribution in [2.24, 2.45) is 5.92 Å². The second-order valence-electron chi connectivity index (χ2n) is 4.42. The molecular formula is C13H17FN2O2. The second kappa shape index (κ2) is 5.91. The predicted molar refractivity (Wildman–Crippen MR) is 64.7 cm³/mol. The molecule has 2 heterocycles. The molecule has 0 radical (unpaired) electrons. The average molecular weight is 252 g/mol. The molecule has 1 saturated heterocycles. The van der Waals surface area contributed by atoms with Crippen LogP contribution < -0.4 is 0 Å². The number of pyridine rings is 1. The van der Waals surface area contributed by atoms with E-state index >= 15 is 0 Å². The third kappa shape index (κ3) is 3.04. The number of halogens is 1. The molecule has 2 rings (SSSR count). The Kier molecular flexibility index (Phi) is 4.25. The van der Waals surface area contributed by atoms with E-state index in [9.17, 15) is 9.18 Å². The lowest BCUT2D eigenvalue weighted by Crippen LogP contribution is -2.36. The van der Waals surface area contributed by atoms with Gasteiger partial charge in [-0.05, 0) is 25.5 Å². The van der Waals surface area contributed by atoms with Gasteiger partial charge < -0.3 is 9.64 Å². The summed E-state index contributed by atoms with van der Waals surface area (Å²) in [7, 11) is 0. The van der Waals surface area contributed by atoms with Gasteiger partial charge in [-0.2, -0.15) is 4.39 Å². The molecule has 1 aromatic rings. The summed E-state index contributed by atoms with van der Waals surface area (Å²) in [5, 5.41) is 0. The van der Waals surface area contributed by atoms with Gasteiger partial charge in [-0.1, -0.05) is 6.07 Å². The summed E-state index contributed by atoms with van der Waals surface area (Å²) in [6.45, 7) is 4.60. The zero-order valence-corrected chi connectivity index (χ0v) is 10.4. The maximum Gasteiger partial charge on any atom is 0.272 e. The normalized spacial score (nSPS) is 18.9. The predicted octanol–water partition coefficient (Wildman–Crippen LogP) is 1.72.